The summed E-state index contributed by atoms with van der Waals surface area (Å²) in [5.41, 5.74) is 1.94. The maximum absolute atomic E-state index is 14.2. The first kappa shape index (κ1) is 30.2. The van der Waals surface area contributed by atoms with Gasteiger partial charge < -0.3 is 4.74 Å². The molecule has 0 aliphatic rings. The van der Waals surface area contributed by atoms with Gasteiger partial charge in [-0.1, -0.05) is 104 Å². The molecule has 2 rings (SSSR count). The number of alkyl halides is 2. The second-order valence-corrected chi connectivity index (χ2v) is 10.1. The van der Waals surface area contributed by atoms with Gasteiger partial charge in [0.05, 0.1) is 6.42 Å². The monoisotopic (exact) mass is 502 g/mol. The number of nitrogens with zero attached hydrogens (tertiary/aromatic N) is 2. The Kier molecular flexibility index (Phi) is 15.3. The number of ether oxygens (including phenoxy) is 1. The fourth-order valence-electron chi connectivity index (χ4n) is 4.46. The molecule has 202 valence electrons. The fraction of sp³-hybridized carbons (Fsp3) is 0.677. The lowest BCUT2D eigenvalue weighted by Crippen LogP contribution is -2.24. The fourth-order valence-corrected chi connectivity index (χ4v) is 4.46. The van der Waals surface area contributed by atoms with E-state index in [0.29, 0.717) is 12.2 Å². The summed E-state index contributed by atoms with van der Waals surface area (Å²) in [5.74, 6) is 0.779. The lowest BCUT2D eigenvalue weighted by molar-refractivity contribution is -0.181. The molecule has 0 spiro atoms. The van der Waals surface area contributed by atoms with Crippen molar-refractivity contribution >= 4 is 0 Å². The molecular formula is C31H48F2N2O. The van der Waals surface area contributed by atoms with Gasteiger partial charge in [-0.05, 0) is 49.1 Å². The SMILES string of the molecule is CCCCCCCCCCc1cnc(-c2ccc(OC(F)(F)CCCCCCCCCC)cc2)nc1. The van der Waals surface area contributed by atoms with E-state index in [9.17, 15) is 8.78 Å². The molecule has 1 heterocycles. The number of rotatable bonds is 21. The van der Waals surface area contributed by atoms with Gasteiger partial charge in [-0.15, -0.1) is 0 Å². The van der Waals surface area contributed by atoms with Gasteiger partial charge in [-0.25, -0.2) is 9.97 Å². The Labute approximate surface area is 218 Å². The molecule has 0 aliphatic heterocycles. The van der Waals surface area contributed by atoms with Crippen LogP contribution >= 0.6 is 0 Å². The quantitative estimate of drug-likeness (QED) is 0.159. The summed E-state index contributed by atoms with van der Waals surface area (Å²) in [5, 5.41) is 0. The van der Waals surface area contributed by atoms with Crippen LogP contribution in [0.5, 0.6) is 5.75 Å². The van der Waals surface area contributed by atoms with E-state index >= 15 is 0 Å². The van der Waals surface area contributed by atoms with Crippen molar-refractivity contribution in [3.05, 3.63) is 42.2 Å². The van der Waals surface area contributed by atoms with E-state index in [0.717, 1.165) is 43.2 Å². The molecule has 0 bridgehead atoms. The number of hydrogen-bond donors (Lipinski definition) is 0. The topological polar surface area (TPSA) is 35.0 Å². The van der Waals surface area contributed by atoms with E-state index in [1.807, 2.05) is 12.4 Å². The maximum atomic E-state index is 14.2. The molecular weight excluding hydrogens is 454 g/mol. The van der Waals surface area contributed by atoms with Gasteiger partial charge in [0.25, 0.3) is 0 Å². The third kappa shape index (κ3) is 13.3. The molecule has 1 aromatic carbocycles. The molecule has 0 unspecified atom stereocenters. The highest BCUT2D eigenvalue weighted by molar-refractivity contribution is 5.55. The zero-order valence-corrected chi connectivity index (χ0v) is 22.8. The summed E-state index contributed by atoms with van der Waals surface area (Å²) in [6.45, 7) is 4.44. The molecule has 0 saturated carbocycles. The summed E-state index contributed by atoms with van der Waals surface area (Å²) >= 11 is 0. The van der Waals surface area contributed by atoms with Crippen molar-refractivity contribution in [3.8, 4) is 17.1 Å². The molecule has 36 heavy (non-hydrogen) atoms. The highest BCUT2D eigenvalue weighted by atomic mass is 19.3. The number of benzene rings is 1. The van der Waals surface area contributed by atoms with Crippen LogP contribution in [0.1, 0.15) is 129 Å². The largest absolute Gasteiger partial charge is 0.433 e. The third-order valence-corrected chi connectivity index (χ3v) is 6.73. The average Bonchev–Trinajstić information content (AvgIpc) is 2.88. The van der Waals surface area contributed by atoms with E-state index in [4.69, 9.17) is 4.74 Å². The van der Waals surface area contributed by atoms with Crippen LogP contribution in [0.3, 0.4) is 0 Å². The first-order valence-electron chi connectivity index (χ1n) is 14.5. The smallest absolute Gasteiger partial charge is 0.397 e. The zero-order chi connectivity index (χ0) is 25.9. The summed E-state index contributed by atoms with van der Waals surface area (Å²) in [6, 6.07) is 6.65. The van der Waals surface area contributed by atoms with Crippen molar-refractivity contribution in [2.75, 3.05) is 0 Å². The number of hydrogen-bond acceptors (Lipinski definition) is 3. The van der Waals surface area contributed by atoms with Crippen LogP contribution in [0, 0.1) is 0 Å². The van der Waals surface area contributed by atoms with E-state index in [2.05, 4.69) is 23.8 Å². The standard InChI is InChI=1S/C31H48F2N2O/c1-3-5-7-9-11-13-15-17-19-27-25-34-30(35-26-27)28-20-22-29(23-21-28)36-31(32,33)24-18-16-14-12-10-8-6-4-2/h20-23,25-26H,3-19,24H2,1-2H3. The Balaban J connectivity index is 1.67. The zero-order valence-electron chi connectivity index (χ0n) is 22.8. The normalized spacial score (nSPS) is 11.7. The lowest BCUT2D eigenvalue weighted by Gasteiger charge is -2.18. The van der Waals surface area contributed by atoms with Crippen molar-refractivity contribution in [2.45, 2.75) is 136 Å². The van der Waals surface area contributed by atoms with Crippen molar-refractivity contribution in [1.82, 2.24) is 9.97 Å². The number of aryl methyl sites for hydroxylation is 1. The van der Waals surface area contributed by atoms with Crippen molar-refractivity contribution in [1.29, 1.82) is 0 Å². The second-order valence-electron chi connectivity index (χ2n) is 10.1. The molecule has 0 N–H and O–H groups in total. The minimum atomic E-state index is -3.14. The average molecular weight is 503 g/mol. The van der Waals surface area contributed by atoms with Gasteiger partial charge in [-0.2, -0.15) is 8.78 Å². The van der Waals surface area contributed by atoms with Crippen LogP contribution in [-0.4, -0.2) is 16.1 Å². The van der Waals surface area contributed by atoms with E-state index < -0.39 is 6.11 Å². The number of unbranched alkanes of at least 4 members (excludes halogenated alkanes) is 14. The predicted octanol–water partition coefficient (Wildman–Crippen LogP) is 10.3. The molecule has 0 amide bonds. The highest BCUT2D eigenvalue weighted by Crippen LogP contribution is 2.28. The van der Waals surface area contributed by atoms with Crippen molar-refractivity contribution in [3.63, 3.8) is 0 Å². The number of halogens is 2. The summed E-state index contributed by atoms with van der Waals surface area (Å²) < 4.78 is 33.4. The maximum Gasteiger partial charge on any atom is 0.397 e. The third-order valence-electron chi connectivity index (χ3n) is 6.73. The van der Waals surface area contributed by atoms with E-state index in [1.54, 1.807) is 24.3 Å². The molecule has 5 heteroatoms. The van der Waals surface area contributed by atoms with Gasteiger partial charge in [-0.3, -0.25) is 0 Å². The van der Waals surface area contributed by atoms with Gasteiger partial charge in [0.1, 0.15) is 5.75 Å². The van der Waals surface area contributed by atoms with Gasteiger partial charge in [0, 0.05) is 18.0 Å². The molecule has 3 nitrogen and oxygen atoms in total. The predicted molar refractivity (Wildman–Crippen MR) is 147 cm³/mol. The van der Waals surface area contributed by atoms with Crippen LogP contribution in [0.4, 0.5) is 8.78 Å². The summed E-state index contributed by atoms with van der Waals surface area (Å²) in [4.78, 5) is 8.97. The Morgan fingerprint density at radius 3 is 1.64 bits per heavy atom. The first-order valence-corrected chi connectivity index (χ1v) is 14.5. The van der Waals surface area contributed by atoms with Gasteiger partial charge in [0.15, 0.2) is 5.82 Å². The number of aromatic nitrogens is 2. The molecule has 0 atom stereocenters. The minimum Gasteiger partial charge on any atom is -0.433 e. The van der Waals surface area contributed by atoms with Crippen LogP contribution in [-0.2, 0) is 6.42 Å². The molecule has 0 radical (unpaired) electrons. The van der Waals surface area contributed by atoms with Crippen molar-refractivity contribution < 1.29 is 13.5 Å². The molecule has 2 aromatic rings. The van der Waals surface area contributed by atoms with Crippen LogP contribution in [0.15, 0.2) is 36.7 Å². The second kappa shape index (κ2) is 18.2. The van der Waals surface area contributed by atoms with Crippen LogP contribution < -0.4 is 4.74 Å². The summed E-state index contributed by atoms with van der Waals surface area (Å²) in [7, 11) is 0. The Morgan fingerprint density at radius 1 is 0.639 bits per heavy atom. The molecule has 1 aromatic heterocycles. The lowest BCUT2D eigenvalue weighted by atomic mass is 10.1. The first-order chi connectivity index (χ1) is 17.5. The van der Waals surface area contributed by atoms with Crippen LogP contribution in [0.2, 0.25) is 0 Å². The Bertz CT molecular complexity index is 793. The molecule has 0 fully saturated rings. The van der Waals surface area contributed by atoms with Crippen LogP contribution in [0.25, 0.3) is 11.4 Å². The summed E-state index contributed by atoms with van der Waals surface area (Å²) in [6.07, 6.45) is 20.2. The molecule has 0 saturated heterocycles. The van der Waals surface area contributed by atoms with E-state index in [1.165, 1.54) is 70.6 Å². The Morgan fingerprint density at radius 2 is 1.11 bits per heavy atom. The minimum absolute atomic E-state index is 0.176. The highest BCUT2D eigenvalue weighted by Gasteiger charge is 2.30. The van der Waals surface area contributed by atoms with Gasteiger partial charge in [0.2, 0.25) is 0 Å². The van der Waals surface area contributed by atoms with Gasteiger partial charge >= 0.3 is 6.11 Å². The molecule has 0 aliphatic carbocycles. The van der Waals surface area contributed by atoms with E-state index in [-0.39, 0.29) is 12.2 Å². The van der Waals surface area contributed by atoms with Crippen molar-refractivity contribution in [2.24, 2.45) is 0 Å². The Hall–Kier alpha value is -2.04.